The van der Waals surface area contributed by atoms with E-state index in [2.05, 4.69) is 15.0 Å². The molecule has 0 aliphatic heterocycles. The summed E-state index contributed by atoms with van der Waals surface area (Å²) in [5.74, 6) is 1.80. The third-order valence-corrected chi connectivity index (χ3v) is 4.26. The molecule has 0 spiro atoms. The van der Waals surface area contributed by atoms with Gasteiger partial charge in [-0.05, 0) is 36.8 Å². The van der Waals surface area contributed by atoms with Gasteiger partial charge in [-0.3, -0.25) is 4.57 Å². The van der Waals surface area contributed by atoms with Gasteiger partial charge in [-0.2, -0.15) is 9.97 Å². The Bertz CT molecular complexity index is 1080. The lowest BCUT2D eigenvalue weighted by Crippen LogP contribution is -2.10. The number of benzene rings is 2. The molecule has 0 unspecified atom stereocenters. The number of aromatic nitrogens is 4. The fraction of sp³-hybridized carbons (Fsp3) is 0.0556. The van der Waals surface area contributed by atoms with Crippen LogP contribution in [0.1, 0.15) is 5.82 Å². The molecule has 4 rings (SSSR count). The number of hydrogen-bond acceptors (Lipinski definition) is 5. The maximum Gasteiger partial charge on any atom is 0.224 e. The van der Waals surface area contributed by atoms with Gasteiger partial charge in [0.15, 0.2) is 5.82 Å². The number of rotatable bonds is 2. The van der Waals surface area contributed by atoms with E-state index in [0.29, 0.717) is 22.2 Å². The van der Waals surface area contributed by atoms with Crippen molar-refractivity contribution >= 4 is 34.4 Å². The van der Waals surface area contributed by atoms with Gasteiger partial charge in [-0.25, -0.2) is 4.98 Å². The Balaban J connectivity index is 2.07. The highest BCUT2D eigenvalue weighted by molar-refractivity contribution is 6.30. The summed E-state index contributed by atoms with van der Waals surface area (Å²) in [7, 11) is 0. The van der Waals surface area contributed by atoms with Crippen molar-refractivity contribution in [1.82, 2.24) is 19.5 Å². The van der Waals surface area contributed by atoms with Crippen molar-refractivity contribution in [3.63, 3.8) is 0 Å². The summed E-state index contributed by atoms with van der Waals surface area (Å²) in [6.07, 6.45) is 0. The molecule has 25 heavy (non-hydrogen) atoms. The first-order chi connectivity index (χ1) is 12.0. The Kier molecular flexibility index (Phi) is 3.54. The highest BCUT2D eigenvalue weighted by atomic mass is 35.5. The van der Waals surface area contributed by atoms with E-state index in [1.807, 2.05) is 47.9 Å². The molecule has 6 nitrogen and oxygen atoms in total. The summed E-state index contributed by atoms with van der Waals surface area (Å²) >= 11 is 6.01. The smallest absolute Gasteiger partial charge is 0.224 e. The molecule has 2 aromatic carbocycles. The molecule has 0 atom stereocenters. The standard InChI is InChI=1S/C18H15ClN6/c1-10-22-13-4-2-3-5-14(13)25(10)17-15(16(20)23-18(21)24-17)11-6-8-12(19)9-7-11/h2-9H,1H3,(H4,20,21,23,24). The van der Waals surface area contributed by atoms with Crippen LogP contribution in [0.5, 0.6) is 0 Å². The molecule has 0 aliphatic rings. The third-order valence-electron chi connectivity index (χ3n) is 4.01. The first-order valence-electron chi connectivity index (χ1n) is 7.68. The Hall–Kier alpha value is -3.12. The lowest BCUT2D eigenvalue weighted by molar-refractivity contribution is 0.952. The molecule has 0 fully saturated rings. The van der Waals surface area contributed by atoms with Crippen LogP contribution in [0.3, 0.4) is 0 Å². The number of para-hydroxylation sites is 2. The second-order valence-corrected chi connectivity index (χ2v) is 6.09. The number of imidazole rings is 1. The summed E-state index contributed by atoms with van der Waals surface area (Å²) in [5, 5.41) is 0.643. The zero-order chi connectivity index (χ0) is 17.6. The maximum atomic E-state index is 6.19. The number of fused-ring (bicyclic) bond motifs is 1. The van der Waals surface area contributed by atoms with Gasteiger partial charge < -0.3 is 11.5 Å². The average Bonchev–Trinajstić information content (AvgIpc) is 2.91. The molecule has 0 aliphatic carbocycles. The molecule has 0 radical (unpaired) electrons. The second kappa shape index (κ2) is 5.75. The number of nitrogens with zero attached hydrogens (tertiary/aromatic N) is 4. The summed E-state index contributed by atoms with van der Waals surface area (Å²) in [6, 6.07) is 15.2. The molecule has 2 aromatic heterocycles. The molecule has 0 amide bonds. The Morgan fingerprint density at radius 2 is 1.64 bits per heavy atom. The van der Waals surface area contributed by atoms with Crippen molar-refractivity contribution in [2.45, 2.75) is 6.92 Å². The molecule has 0 saturated carbocycles. The minimum Gasteiger partial charge on any atom is -0.383 e. The number of nitrogen functional groups attached to an aromatic ring is 2. The van der Waals surface area contributed by atoms with Gasteiger partial charge in [-0.1, -0.05) is 35.9 Å². The fourth-order valence-electron chi connectivity index (χ4n) is 2.95. The van der Waals surface area contributed by atoms with Gasteiger partial charge in [0, 0.05) is 5.02 Å². The van der Waals surface area contributed by atoms with Crippen LogP contribution in [0.15, 0.2) is 48.5 Å². The van der Waals surface area contributed by atoms with Crippen molar-refractivity contribution in [2.75, 3.05) is 11.5 Å². The van der Waals surface area contributed by atoms with Gasteiger partial charge in [0.1, 0.15) is 11.6 Å². The van der Waals surface area contributed by atoms with E-state index in [1.54, 1.807) is 12.1 Å². The van der Waals surface area contributed by atoms with Crippen LogP contribution < -0.4 is 11.5 Å². The lowest BCUT2D eigenvalue weighted by Gasteiger charge is -2.14. The Morgan fingerprint density at radius 1 is 0.920 bits per heavy atom. The summed E-state index contributed by atoms with van der Waals surface area (Å²) in [6.45, 7) is 1.92. The van der Waals surface area contributed by atoms with E-state index < -0.39 is 0 Å². The van der Waals surface area contributed by atoms with E-state index in [-0.39, 0.29) is 5.95 Å². The van der Waals surface area contributed by atoms with E-state index in [4.69, 9.17) is 23.1 Å². The lowest BCUT2D eigenvalue weighted by atomic mass is 10.1. The summed E-state index contributed by atoms with van der Waals surface area (Å²) in [4.78, 5) is 13.2. The zero-order valence-corrected chi connectivity index (χ0v) is 14.2. The van der Waals surface area contributed by atoms with Gasteiger partial charge in [-0.15, -0.1) is 0 Å². The normalized spacial score (nSPS) is 11.1. The van der Waals surface area contributed by atoms with Crippen molar-refractivity contribution < 1.29 is 0 Å². The number of aryl methyl sites for hydroxylation is 1. The van der Waals surface area contributed by atoms with Crippen LogP contribution in [-0.4, -0.2) is 19.5 Å². The number of nitrogens with two attached hydrogens (primary N) is 2. The number of halogens is 1. The first kappa shape index (κ1) is 15.4. The van der Waals surface area contributed by atoms with Crippen LogP contribution in [0.2, 0.25) is 5.02 Å². The summed E-state index contributed by atoms with van der Waals surface area (Å²) < 4.78 is 1.94. The molecular weight excluding hydrogens is 336 g/mol. The van der Waals surface area contributed by atoms with Crippen LogP contribution in [-0.2, 0) is 0 Å². The Morgan fingerprint density at radius 3 is 2.40 bits per heavy atom. The Labute approximate surface area is 149 Å². The van der Waals surface area contributed by atoms with Crippen molar-refractivity contribution in [3.05, 3.63) is 59.4 Å². The minimum absolute atomic E-state index is 0.113. The first-order valence-corrected chi connectivity index (χ1v) is 8.06. The highest BCUT2D eigenvalue weighted by Crippen LogP contribution is 2.33. The van der Waals surface area contributed by atoms with Crippen molar-refractivity contribution in [2.24, 2.45) is 0 Å². The SMILES string of the molecule is Cc1nc2ccccc2n1-c1nc(N)nc(N)c1-c1ccc(Cl)cc1. The van der Waals surface area contributed by atoms with Crippen molar-refractivity contribution in [3.8, 4) is 16.9 Å². The molecule has 2 heterocycles. The third kappa shape index (κ3) is 2.56. The molecule has 7 heteroatoms. The van der Waals surface area contributed by atoms with E-state index in [0.717, 1.165) is 22.4 Å². The second-order valence-electron chi connectivity index (χ2n) is 5.66. The molecule has 0 saturated heterocycles. The van der Waals surface area contributed by atoms with Crippen LogP contribution in [0.4, 0.5) is 11.8 Å². The van der Waals surface area contributed by atoms with E-state index in [1.165, 1.54) is 0 Å². The predicted molar refractivity (Wildman–Crippen MR) is 101 cm³/mol. The molecular formula is C18H15ClN6. The quantitative estimate of drug-likeness (QED) is 0.575. The predicted octanol–water partition coefficient (Wildman–Crippen LogP) is 3.61. The van der Waals surface area contributed by atoms with Gasteiger partial charge in [0.25, 0.3) is 0 Å². The maximum absolute atomic E-state index is 6.19. The van der Waals surface area contributed by atoms with Gasteiger partial charge in [0.2, 0.25) is 5.95 Å². The van der Waals surface area contributed by atoms with Crippen LogP contribution in [0.25, 0.3) is 28.0 Å². The van der Waals surface area contributed by atoms with Crippen LogP contribution >= 0.6 is 11.6 Å². The van der Waals surface area contributed by atoms with Gasteiger partial charge in [0.05, 0.1) is 16.6 Å². The van der Waals surface area contributed by atoms with E-state index in [9.17, 15) is 0 Å². The number of hydrogen-bond donors (Lipinski definition) is 2. The molecule has 4 N–H and O–H groups in total. The van der Waals surface area contributed by atoms with Crippen molar-refractivity contribution in [1.29, 1.82) is 0 Å². The minimum atomic E-state index is 0.113. The van der Waals surface area contributed by atoms with E-state index >= 15 is 0 Å². The van der Waals surface area contributed by atoms with Gasteiger partial charge >= 0.3 is 0 Å². The number of anilines is 2. The fourth-order valence-corrected chi connectivity index (χ4v) is 3.08. The zero-order valence-electron chi connectivity index (χ0n) is 13.4. The largest absolute Gasteiger partial charge is 0.383 e. The molecule has 0 bridgehead atoms. The highest BCUT2D eigenvalue weighted by Gasteiger charge is 2.19. The molecule has 124 valence electrons. The monoisotopic (exact) mass is 350 g/mol. The topological polar surface area (TPSA) is 95.6 Å². The average molecular weight is 351 g/mol. The summed E-state index contributed by atoms with van der Waals surface area (Å²) in [5.41, 5.74) is 15.4. The molecule has 4 aromatic rings. The van der Waals surface area contributed by atoms with Crippen LogP contribution in [0, 0.1) is 6.92 Å².